The Hall–Kier alpha value is -2.22. The van der Waals surface area contributed by atoms with E-state index in [1.54, 1.807) is 17.6 Å². The first-order valence-corrected chi connectivity index (χ1v) is 15.6. The van der Waals surface area contributed by atoms with Crippen LogP contribution >= 0.6 is 0 Å². The fraction of sp³-hybridized carbons (Fsp3) is 0.667. The summed E-state index contributed by atoms with van der Waals surface area (Å²) in [7, 11) is -1.32. The van der Waals surface area contributed by atoms with Crippen molar-refractivity contribution in [3.63, 3.8) is 0 Å². The van der Waals surface area contributed by atoms with Crippen molar-refractivity contribution in [2.24, 2.45) is 11.3 Å². The van der Waals surface area contributed by atoms with Crippen LogP contribution in [-0.4, -0.2) is 85.7 Å². The fourth-order valence-electron chi connectivity index (χ4n) is 7.21. The molecule has 2 N–H and O–H groups in total. The summed E-state index contributed by atoms with van der Waals surface area (Å²) in [6.45, 7) is 9.02. The zero-order valence-corrected chi connectivity index (χ0v) is 24.1. The Morgan fingerprint density at radius 3 is 2.51 bits per heavy atom. The van der Waals surface area contributed by atoms with Crippen LogP contribution in [0, 0.1) is 25.2 Å². The molecule has 0 bridgehead atoms. The lowest BCUT2D eigenvalue weighted by atomic mass is 9.74. The number of hydrogen-bond donors (Lipinski definition) is 2. The number of methoxy groups -OCH3 is 1. The molecule has 1 aliphatic carbocycles. The molecule has 6 rings (SSSR count). The van der Waals surface area contributed by atoms with Gasteiger partial charge in [-0.2, -0.15) is 10.2 Å². The highest BCUT2D eigenvalue weighted by Crippen LogP contribution is 2.44. The maximum absolute atomic E-state index is 11.7. The zero-order chi connectivity index (χ0) is 27.5. The van der Waals surface area contributed by atoms with E-state index in [9.17, 15) is 8.42 Å². The average Bonchev–Trinajstić information content (AvgIpc) is 3.26. The molecule has 12 heteroatoms. The zero-order valence-electron chi connectivity index (χ0n) is 23.3. The lowest BCUT2D eigenvalue weighted by Crippen LogP contribution is -2.73. The highest BCUT2D eigenvalue weighted by atomic mass is 32.2. The highest BCUT2D eigenvalue weighted by Gasteiger charge is 2.54. The Balaban J connectivity index is 1.12. The summed E-state index contributed by atoms with van der Waals surface area (Å²) in [5.41, 5.74) is 11.3. The number of sulfonamides is 1. The molecule has 11 nitrogen and oxygen atoms in total. The minimum absolute atomic E-state index is 0.0408. The minimum atomic E-state index is -3.09. The van der Waals surface area contributed by atoms with Crippen LogP contribution in [0.5, 0.6) is 0 Å². The minimum Gasteiger partial charge on any atom is -0.378 e. The third-order valence-corrected chi connectivity index (χ3v) is 10.3. The van der Waals surface area contributed by atoms with Crippen LogP contribution in [0.15, 0.2) is 24.5 Å². The first-order valence-electron chi connectivity index (χ1n) is 13.7. The summed E-state index contributed by atoms with van der Waals surface area (Å²) in [5.74, 6) is 1.12. The monoisotopic (exact) mass is 557 g/mol. The molecule has 1 saturated carbocycles. The number of hydrazine groups is 1. The second-order valence-corrected chi connectivity index (χ2v) is 13.9. The molecule has 0 radical (unpaired) electrons. The van der Waals surface area contributed by atoms with E-state index in [-0.39, 0.29) is 41.7 Å². The molecule has 4 aliphatic rings. The summed E-state index contributed by atoms with van der Waals surface area (Å²) in [6.07, 6.45) is 6.70. The molecule has 0 aromatic carbocycles. The van der Waals surface area contributed by atoms with Gasteiger partial charge in [-0.3, -0.25) is 5.43 Å². The smallest absolute Gasteiger partial charge is 0.211 e. The predicted octanol–water partition coefficient (Wildman–Crippen LogP) is 1.66. The molecule has 4 fully saturated rings. The van der Waals surface area contributed by atoms with Crippen molar-refractivity contribution in [3.8, 4) is 0 Å². The van der Waals surface area contributed by atoms with Crippen molar-refractivity contribution in [1.29, 1.82) is 0 Å². The van der Waals surface area contributed by atoms with Crippen LogP contribution in [0.4, 0.5) is 5.82 Å². The summed E-state index contributed by atoms with van der Waals surface area (Å²) in [5, 5.41) is 8.30. The van der Waals surface area contributed by atoms with Gasteiger partial charge in [0.1, 0.15) is 5.82 Å². The maximum Gasteiger partial charge on any atom is 0.211 e. The molecule has 39 heavy (non-hydrogen) atoms. The number of nitrogens with zero attached hydrogens (tertiary/aromatic N) is 5. The van der Waals surface area contributed by atoms with E-state index in [0.717, 1.165) is 54.1 Å². The Labute approximate surface area is 230 Å². The van der Waals surface area contributed by atoms with E-state index in [1.165, 1.54) is 6.26 Å². The molecule has 0 amide bonds. The molecule has 5 heterocycles. The summed E-state index contributed by atoms with van der Waals surface area (Å²) < 4.78 is 37.8. The molecule has 212 valence electrons. The number of aromatic nitrogens is 3. The van der Waals surface area contributed by atoms with Gasteiger partial charge in [0, 0.05) is 62.4 Å². The van der Waals surface area contributed by atoms with Crippen LogP contribution in [-0.2, 0) is 19.5 Å². The topological polar surface area (TPSA) is 122 Å². The van der Waals surface area contributed by atoms with E-state index >= 15 is 0 Å². The van der Waals surface area contributed by atoms with Crippen LogP contribution in [0.2, 0.25) is 0 Å². The van der Waals surface area contributed by atoms with Crippen molar-refractivity contribution in [2.45, 2.75) is 64.0 Å². The van der Waals surface area contributed by atoms with Gasteiger partial charge in [-0.25, -0.2) is 23.1 Å². The Morgan fingerprint density at radius 1 is 1.10 bits per heavy atom. The standard InChI is InChI=1S/C27H39N7O4S/c1-16-10-29-30-17(2)23(16)18(3)38-21-8-7-20-24(26(21)37-4)25(32-31-20)19-6-9-22(28-11-19)33-12-27(13-33)14-34(15-27)39(5,35)36/h6,9-11,18,20-21,24-26,31-32H,7-8,12-15H2,1-5H3/t18-,20?,21?,24?,25?,26?/m1/s1. The normalized spacial score (nSPS) is 31.0. The predicted molar refractivity (Wildman–Crippen MR) is 146 cm³/mol. The lowest BCUT2D eigenvalue weighted by Gasteiger charge is -2.59. The number of ether oxygens (including phenoxy) is 2. The highest BCUT2D eigenvalue weighted by molar-refractivity contribution is 7.88. The molecule has 5 unspecified atom stereocenters. The second-order valence-electron chi connectivity index (χ2n) is 11.9. The SMILES string of the molecule is COC1C(O[C@H](C)c2c(C)cnnc2C)CCC2NNC(c3ccc(N4CC5(C4)CN(S(C)(=O)=O)C5)nc3)C21. The van der Waals surface area contributed by atoms with Crippen molar-refractivity contribution in [3.05, 3.63) is 46.9 Å². The lowest BCUT2D eigenvalue weighted by molar-refractivity contribution is -0.129. The number of anilines is 1. The van der Waals surface area contributed by atoms with Crippen LogP contribution in [0.1, 0.15) is 54.3 Å². The first kappa shape index (κ1) is 27.0. The number of rotatable bonds is 7. The van der Waals surface area contributed by atoms with Crippen LogP contribution in [0.3, 0.4) is 0 Å². The van der Waals surface area contributed by atoms with E-state index < -0.39 is 10.0 Å². The van der Waals surface area contributed by atoms with Gasteiger partial charge in [0.25, 0.3) is 0 Å². The van der Waals surface area contributed by atoms with Gasteiger partial charge in [0.2, 0.25) is 10.0 Å². The largest absolute Gasteiger partial charge is 0.378 e. The van der Waals surface area contributed by atoms with E-state index in [0.29, 0.717) is 13.1 Å². The second kappa shape index (κ2) is 10.0. The molecule has 6 atom stereocenters. The van der Waals surface area contributed by atoms with E-state index in [1.807, 2.05) is 13.1 Å². The number of aryl methyl sites for hydroxylation is 2. The number of nitrogens with one attached hydrogen (secondary N) is 2. The fourth-order valence-corrected chi connectivity index (χ4v) is 8.22. The molecule has 3 saturated heterocycles. The summed E-state index contributed by atoms with van der Waals surface area (Å²) in [6, 6.07) is 4.56. The maximum atomic E-state index is 11.7. The van der Waals surface area contributed by atoms with E-state index in [4.69, 9.17) is 14.5 Å². The number of hydrogen-bond acceptors (Lipinski definition) is 10. The van der Waals surface area contributed by atoms with Crippen molar-refractivity contribution in [2.75, 3.05) is 44.4 Å². The van der Waals surface area contributed by atoms with Crippen LogP contribution in [0.25, 0.3) is 0 Å². The number of fused-ring (bicyclic) bond motifs is 1. The van der Waals surface area contributed by atoms with Crippen LogP contribution < -0.4 is 15.8 Å². The molecule has 1 spiro atoms. The summed E-state index contributed by atoms with van der Waals surface area (Å²) in [4.78, 5) is 7.02. The van der Waals surface area contributed by atoms with Gasteiger partial charge in [-0.1, -0.05) is 6.07 Å². The van der Waals surface area contributed by atoms with Gasteiger partial charge < -0.3 is 14.4 Å². The summed E-state index contributed by atoms with van der Waals surface area (Å²) >= 11 is 0. The van der Waals surface area contributed by atoms with Gasteiger partial charge in [0.15, 0.2) is 0 Å². The van der Waals surface area contributed by atoms with Gasteiger partial charge in [-0.05, 0) is 50.8 Å². The first-order chi connectivity index (χ1) is 18.6. The van der Waals surface area contributed by atoms with Crippen molar-refractivity contribution < 1.29 is 17.9 Å². The molecular formula is C27H39N7O4S. The van der Waals surface area contributed by atoms with E-state index in [2.05, 4.69) is 51.9 Å². The van der Waals surface area contributed by atoms with Gasteiger partial charge in [0.05, 0.1) is 42.5 Å². The van der Waals surface area contributed by atoms with Gasteiger partial charge in [-0.15, -0.1) is 0 Å². The van der Waals surface area contributed by atoms with Crippen molar-refractivity contribution >= 4 is 15.8 Å². The van der Waals surface area contributed by atoms with Gasteiger partial charge >= 0.3 is 0 Å². The Kier molecular flexibility index (Phi) is 6.92. The molecule has 2 aromatic rings. The molecule has 3 aliphatic heterocycles. The molecular weight excluding hydrogens is 518 g/mol. The van der Waals surface area contributed by atoms with Crippen molar-refractivity contribution in [1.82, 2.24) is 30.3 Å². The number of pyridine rings is 1. The average molecular weight is 558 g/mol. The third kappa shape index (κ3) is 4.85. The molecule has 2 aromatic heterocycles. The quantitative estimate of drug-likeness (QED) is 0.520. The third-order valence-electron chi connectivity index (χ3n) is 9.11. The Bertz CT molecular complexity index is 1290. The Morgan fingerprint density at radius 2 is 1.87 bits per heavy atom.